The van der Waals surface area contributed by atoms with Gasteiger partial charge >= 0.3 is 0 Å². The zero-order valence-electron chi connectivity index (χ0n) is 13.3. The summed E-state index contributed by atoms with van der Waals surface area (Å²) in [5.41, 5.74) is 1.16. The van der Waals surface area contributed by atoms with Crippen molar-refractivity contribution in [1.29, 1.82) is 0 Å². The Balaban J connectivity index is 0.00000132. The van der Waals surface area contributed by atoms with Gasteiger partial charge in [0.1, 0.15) is 5.82 Å². The van der Waals surface area contributed by atoms with Crippen molar-refractivity contribution in [3.05, 3.63) is 18.3 Å². The van der Waals surface area contributed by atoms with Crippen LogP contribution in [0, 0.1) is 0 Å². The molecular weight excluding hydrogens is 335 g/mol. The Morgan fingerprint density at radius 3 is 2.61 bits per heavy atom. The summed E-state index contributed by atoms with van der Waals surface area (Å²) >= 11 is 0. The molecule has 1 aromatic rings. The Hall–Kier alpha value is -1.04. The maximum atomic E-state index is 12.0. The first-order chi connectivity index (χ1) is 10.3. The molecule has 1 amide bonds. The molecule has 130 valence electrons. The molecule has 1 unspecified atom stereocenters. The van der Waals surface area contributed by atoms with E-state index in [1.165, 1.54) is 25.7 Å². The molecule has 0 saturated carbocycles. The topological polar surface area (TPSA) is 57.3 Å². The van der Waals surface area contributed by atoms with Crippen molar-refractivity contribution in [2.45, 2.75) is 44.6 Å². The van der Waals surface area contributed by atoms with E-state index in [1.54, 1.807) is 0 Å². The summed E-state index contributed by atoms with van der Waals surface area (Å²) in [6, 6.07) is 4.30. The van der Waals surface area contributed by atoms with Gasteiger partial charge in [-0.15, -0.1) is 24.8 Å². The predicted molar refractivity (Wildman–Crippen MR) is 99.1 cm³/mol. The average Bonchev–Trinajstić information content (AvgIpc) is 3.02. The van der Waals surface area contributed by atoms with Crippen molar-refractivity contribution >= 4 is 42.2 Å². The molecule has 3 rings (SSSR count). The van der Waals surface area contributed by atoms with Crippen molar-refractivity contribution in [1.82, 2.24) is 10.3 Å². The largest absolute Gasteiger partial charge is 0.370 e. The molecule has 0 spiro atoms. The lowest BCUT2D eigenvalue weighted by Crippen LogP contribution is -2.29. The summed E-state index contributed by atoms with van der Waals surface area (Å²) in [4.78, 5) is 18.7. The van der Waals surface area contributed by atoms with Crippen LogP contribution in [0.4, 0.5) is 11.5 Å². The minimum absolute atomic E-state index is 0. The number of pyridine rings is 1. The third kappa shape index (κ3) is 5.83. The highest BCUT2D eigenvalue weighted by Gasteiger charge is 2.18. The molecular formula is C16H26Cl2N4O. The summed E-state index contributed by atoms with van der Waals surface area (Å²) in [5.74, 6) is 0.700. The smallest absolute Gasteiger partial charge is 0.227 e. The molecule has 2 aliphatic heterocycles. The third-order valence-electron chi connectivity index (χ3n) is 4.33. The second kappa shape index (κ2) is 9.96. The van der Waals surface area contributed by atoms with Crippen LogP contribution in [0.5, 0.6) is 0 Å². The Morgan fingerprint density at radius 1 is 1.22 bits per heavy atom. The number of halogens is 2. The minimum atomic E-state index is 0. The number of hydrogen-bond donors (Lipinski definition) is 2. The first-order valence-electron chi connectivity index (χ1n) is 8.05. The van der Waals surface area contributed by atoms with E-state index >= 15 is 0 Å². The second-order valence-electron chi connectivity index (χ2n) is 5.99. The normalized spacial score (nSPS) is 20.3. The maximum Gasteiger partial charge on any atom is 0.227 e. The number of rotatable bonds is 4. The number of carbonyl (C=O) groups is 1. The Morgan fingerprint density at radius 2 is 2.00 bits per heavy atom. The number of carbonyl (C=O) groups excluding carboxylic acids is 1. The Kier molecular flexibility index (Phi) is 8.66. The highest BCUT2D eigenvalue weighted by molar-refractivity contribution is 5.90. The quantitative estimate of drug-likeness (QED) is 0.866. The van der Waals surface area contributed by atoms with Gasteiger partial charge in [-0.1, -0.05) is 0 Å². The van der Waals surface area contributed by atoms with Gasteiger partial charge in [0.05, 0.1) is 11.9 Å². The summed E-state index contributed by atoms with van der Waals surface area (Å²) in [7, 11) is 0. The lowest BCUT2D eigenvalue weighted by atomic mass is 10.1. The molecule has 1 aromatic heterocycles. The molecule has 1 atom stereocenters. The number of aromatic nitrogens is 1. The first-order valence-corrected chi connectivity index (χ1v) is 8.05. The van der Waals surface area contributed by atoms with Gasteiger partial charge in [-0.05, 0) is 50.8 Å². The van der Waals surface area contributed by atoms with E-state index in [1.807, 2.05) is 12.3 Å². The number of hydrogen-bond acceptors (Lipinski definition) is 4. The summed E-state index contributed by atoms with van der Waals surface area (Å²) < 4.78 is 0. The highest BCUT2D eigenvalue weighted by atomic mass is 35.5. The van der Waals surface area contributed by atoms with Crippen LogP contribution >= 0.6 is 24.8 Å². The molecule has 7 heteroatoms. The molecule has 0 aromatic carbocycles. The van der Waals surface area contributed by atoms with E-state index in [9.17, 15) is 4.79 Å². The van der Waals surface area contributed by atoms with Crippen molar-refractivity contribution in [2.75, 3.05) is 29.9 Å². The van der Waals surface area contributed by atoms with E-state index in [2.05, 4.69) is 26.6 Å². The van der Waals surface area contributed by atoms with Crippen LogP contribution in [0.2, 0.25) is 0 Å². The van der Waals surface area contributed by atoms with Gasteiger partial charge in [0, 0.05) is 25.6 Å². The fourth-order valence-electron chi connectivity index (χ4n) is 3.15. The fourth-order valence-corrected chi connectivity index (χ4v) is 3.15. The van der Waals surface area contributed by atoms with Crippen molar-refractivity contribution < 1.29 is 4.79 Å². The fraction of sp³-hybridized carbons (Fsp3) is 0.625. The van der Waals surface area contributed by atoms with Gasteiger partial charge in [0.2, 0.25) is 5.91 Å². The van der Waals surface area contributed by atoms with Crippen molar-refractivity contribution in [3.8, 4) is 0 Å². The van der Waals surface area contributed by atoms with Crippen LogP contribution in [-0.4, -0.2) is 36.6 Å². The monoisotopic (exact) mass is 360 g/mol. The number of piperidine rings is 1. The Labute approximate surface area is 150 Å². The van der Waals surface area contributed by atoms with E-state index in [-0.39, 0.29) is 30.7 Å². The van der Waals surface area contributed by atoms with Gasteiger partial charge < -0.3 is 15.5 Å². The maximum absolute atomic E-state index is 12.0. The Bertz CT molecular complexity index is 471. The van der Waals surface area contributed by atoms with Crippen LogP contribution in [0.1, 0.15) is 38.5 Å². The molecule has 0 bridgehead atoms. The van der Waals surface area contributed by atoms with Gasteiger partial charge in [0.15, 0.2) is 0 Å². The molecule has 2 aliphatic rings. The zero-order valence-corrected chi connectivity index (χ0v) is 14.9. The number of nitrogens with one attached hydrogen (secondary N) is 2. The van der Waals surface area contributed by atoms with E-state index in [0.717, 1.165) is 31.7 Å². The number of amides is 1. The van der Waals surface area contributed by atoms with E-state index < -0.39 is 0 Å². The average molecular weight is 361 g/mol. The summed E-state index contributed by atoms with van der Waals surface area (Å²) in [6.45, 7) is 3.25. The lowest BCUT2D eigenvalue weighted by Gasteiger charge is -2.28. The molecule has 2 fully saturated rings. The summed E-state index contributed by atoms with van der Waals surface area (Å²) in [5, 5.41) is 6.23. The molecule has 0 aliphatic carbocycles. The number of anilines is 2. The van der Waals surface area contributed by atoms with Crippen LogP contribution in [0.15, 0.2) is 18.3 Å². The van der Waals surface area contributed by atoms with Crippen LogP contribution in [-0.2, 0) is 4.79 Å². The molecule has 23 heavy (non-hydrogen) atoms. The summed E-state index contributed by atoms with van der Waals surface area (Å²) in [6.07, 6.45) is 8.51. The lowest BCUT2D eigenvalue weighted by molar-refractivity contribution is -0.116. The van der Waals surface area contributed by atoms with Crippen LogP contribution < -0.4 is 15.5 Å². The SMILES string of the molecule is Cl.Cl.O=C(CC1CCCN1)Nc1ccc(N2CCCCC2)cn1. The standard InChI is InChI=1S/C16H24N4O.2ClH/c21-16(11-13-5-4-8-17-13)19-15-7-6-14(12-18-15)20-9-2-1-3-10-20;;/h6-7,12-13,17H,1-5,8-11H2,(H,18,19,21);2*1H. The minimum Gasteiger partial charge on any atom is -0.370 e. The molecule has 5 nitrogen and oxygen atoms in total. The molecule has 0 radical (unpaired) electrons. The molecule has 2 N–H and O–H groups in total. The number of nitrogens with zero attached hydrogens (tertiary/aromatic N) is 2. The van der Waals surface area contributed by atoms with E-state index in [4.69, 9.17) is 0 Å². The van der Waals surface area contributed by atoms with Gasteiger partial charge in [-0.25, -0.2) is 4.98 Å². The predicted octanol–water partition coefficient (Wildman–Crippen LogP) is 3.00. The van der Waals surface area contributed by atoms with E-state index in [0.29, 0.717) is 18.3 Å². The molecule has 3 heterocycles. The second-order valence-corrected chi connectivity index (χ2v) is 5.99. The molecule has 2 saturated heterocycles. The van der Waals surface area contributed by atoms with Crippen LogP contribution in [0.3, 0.4) is 0 Å². The van der Waals surface area contributed by atoms with Gasteiger partial charge in [-0.3, -0.25) is 4.79 Å². The first kappa shape index (κ1) is 20.0. The van der Waals surface area contributed by atoms with Gasteiger partial charge in [0.25, 0.3) is 0 Å². The van der Waals surface area contributed by atoms with Crippen molar-refractivity contribution in [3.63, 3.8) is 0 Å². The third-order valence-corrected chi connectivity index (χ3v) is 4.33. The van der Waals surface area contributed by atoms with Crippen molar-refractivity contribution in [2.24, 2.45) is 0 Å². The zero-order chi connectivity index (χ0) is 14.5. The highest BCUT2D eigenvalue weighted by Crippen LogP contribution is 2.20. The van der Waals surface area contributed by atoms with Gasteiger partial charge in [-0.2, -0.15) is 0 Å². The van der Waals surface area contributed by atoms with Crippen LogP contribution in [0.25, 0.3) is 0 Å².